The summed E-state index contributed by atoms with van der Waals surface area (Å²) in [7, 11) is -2.65. The van der Waals surface area contributed by atoms with Crippen molar-refractivity contribution in [3.63, 3.8) is 0 Å². The standard InChI is InChI=1S/C31H37NO2Si/c1-31(2,3)35(28-15-9-5-10-16-28,29-17-11-6-12-18-29)34-30-22-26(19-20-32)21-27(30)24-33-23-25-13-7-4-8-14-25/h4-18,26-27,30H,19,21-24H2,1-3H3. The average Bonchev–Trinajstić information content (AvgIpc) is 3.24. The van der Waals surface area contributed by atoms with Gasteiger partial charge in [-0.3, -0.25) is 0 Å². The highest BCUT2D eigenvalue weighted by molar-refractivity contribution is 6.99. The molecule has 4 rings (SSSR count). The monoisotopic (exact) mass is 483 g/mol. The van der Waals surface area contributed by atoms with E-state index in [1.165, 1.54) is 15.9 Å². The normalized spacial score (nSPS) is 20.5. The summed E-state index contributed by atoms with van der Waals surface area (Å²) in [6.45, 7) is 8.22. The zero-order chi connectivity index (χ0) is 24.7. The Morgan fingerprint density at radius 1 is 0.829 bits per heavy atom. The molecule has 1 aliphatic rings. The van der Waals surface area contributed by atoms with Crippen molar-refractivity contribution in [3.05, 3.63) is 96.6 Å². The van der Waals surface area contributed by atoms with E-state index in [0.717, 1.165) is 12.8 Å². The smallest absolute Gasteiger partial charge is 0.261 e. The second kappa shape index (κ2) is 11.3. The summed E-state index contributed by atoms with van der Waals surface area (Å²) in [5.74, 6) is 0.632. The van der Waals surface area contributed by atoms with Crippen LogP contribution in [0.15, 0.2) is 91.0 Å². The summed E-state index contributed by atoms with van der Waals surface area (Å²) >= 11 is 0. The minimum Gasteiger partial charge on any atom is -0.404 e. The number of hydrogen-bond acceptors (Lipinski definition) is 3. The Morgan fingerprint density at radius 2 is 1.37 bits per heavy atom. The van der Waals surface area contributed by atoms with E-state index in [4.69, 9.17) is 9.16 Å². The molecular formula is C31H37NO2Si. The first-order valence-electron chi connectivity index (χ1n) is 12.7. The van der Waals surface area contributed by atoms with Gasteiger partial charge in [0.25, 0.3) is 8.32 Å². The molecule has 0 aliphatic heterocycles. The number of ether oxygens (including phenoxy) is 1. The molecule has 0 N–H and O–H groups in total. The van der Waals surface area contributed by atoms with E-state index in [0.29, 0.717) is 25.6 Å². The van der Waals surface area contributed by atoms with Crippen LogP contribution < -0.4 is 10.4 Å². The van der Waals surface area contributed by atoms with Gasteiger partial charge in [-0.2, -0.15) is 5.26 Å². The first kappa shape index (κ1) is 25.4. The summed E-state index contributed by atoms with van der Waals surface area (Å²) in [5, 5.41) is 12.0. The highest BCUT2D eigenvalue weighted by Gasteiger charge is 2.53. The van der Waals surface area contributed by atoms with Gasteiger partial charge in [0, 0.05) is 12.3 Å². The molecule has 35 heavy (non-hydrogen) atoms. The second-order valence-corrected chi connectivity index (χ2v) is 15.0. The van der Waals surface area contributed by atoms with Crippen LogP contribution in [0.5, 0.6) is 0 Å². The SMILES string of the molecule is CC(C)(C)[Si](OC1CC(CC#N)CC1COCc1ccccc1)(c1ccccc1)c1ccccc1. The van der Waals surface area contributed by atoms with Crippen molar-refractivity contribution in [1.29, 1.82) is 5.26 Å². The summed E-state index contributed by atoms with van der Waals surface area (Å²) in [6, 6.07) is 34.4. The average molecular weight is 484 g/mol. The van der Waals surface area contributed by atoms with E-state index in [1.807, 2.05) is 18.2 Å². The van der Waals surface area contributed by atoms with Crippen LogP contribution >= 0.6 is 0 Å². The van der Waals surface area contributed by atoms with Crippen LogP contribution in [0.25, 0.3) is 0 Å². The zero-order valence-corrected chi connectivity index (χ0v) is 22.2. The van der Waals surface area contributed by atoms with Crippen LogP contribution in [0, 0.1) is 23.2 Å². The topological polar surface area (TPSA) is 42.2 Å². The van der Waals surface area contributed by atoms with Crippen LogP contribution in [-0.2, 0) is 15.8 Å². The van der Waals surface area contributed by atoms with Gasteiger partial charge >= 0.3 is 0 Å². The molecule has 182 valence electrons. The van der Waals surface area contributed by atoms with E-state index in [1.54, 1.807) is 0 Å². The fourth-order valence-corrected chi connectivity index (χ4v) is 10.4. The molecule has 0 heterocycles. The quantitative estimate of drug-likeness (QED) is 0.346. The maximum Gasteiger partial charge on any atom is 0.261 e. The molecule has 0 spiro atoms. The number of benzene rings is 3. The summed E-state index contributed by atoms with van der Waals surface area (Å²) in [5.41, 5.74) is 1.18. The van der Waals surface area contributed by atoms with Crippen LogP contribution in [0.2, 0.25) is 5.04 Å². The van der Waals surface area contributed by atoms with Crippen LogP contribution in [-0.4, -0.2) is 21.0 Å². The highest BCUT2D eigenvalue weighted by Crippen LogP contribution is 2.43. The van der Waals surface area contributed by atoms with Gasteiger partial charge in [0.1, 0.15) is 0 Å². The van der Waals surface area contributed by atoms with E-state index in [2.05, 4.69) is 99.6 Å². The Labute approximate surface area is 211 Å². The van der Waals surface area contributed by atoms with Crippen molar-refractivity contribution in [2.24, 2.45) is 11.8 Å². The van der Waals surface area contributed by atoms with Crippen molar-refractivity contribution in [2.75, 3.05) is 6.61 Å². The predicted octanol–water partition coefficient (Wildman–Crippen LogP) is 6.09. The van der Waals surface area contributed by atoms with Gasteiger partial charge in [0.15, 0.2) is 0 Å². The molecule has 3 atom stereocenters. The van der Waals surface area contributed by atoms with E-state index in [9.17, 15) is 5.26 Å². The molecule has 0 bridgehead atoms. The van der Waals surface area contributed by atoms with Crippen molar-refractivity contribution < 1.29 is 9.16 Å². The molecule has 3 nitrogen and oxygen atoms in total. The molecule has 0 radical (unpaired) electrons. The molecule has 0 saturated heterocycles. The van der Waals surface area contributed by atoms with Gasteiger partial charge in [-0.1, -0.05) is 112 Å². The third-order valence-electron chi connectivity index (χ3n) is 7.30. The molecule has 3 unspecified atom stereocenters. The Balaban J connectivity index is 1.66. The lowest BCUT2D eigenvalue weighted by molar-refractivity contribution is 0.0427. The van der Waals surface area contributed by atoms with E-state index in [-0.39, 0.29) is 17.1 Å². The van der Waals surface area contributed by atoms with Gasteiger partial charge in [-0.15, -0.1) is 0 Å². The molecule has 3 aromatic rings. The molecule has 1 aliphatic carbocycles. The highest BCUT2D eigenvalue weighted by atomic mass is 28.4. The molecule has 1 fully saturated rings. The van der Waals surface area contributed by atoms with Gasteiger partial charge in [-0.05, 0) is 39.7 Å². The van der Waals surface area contributed by atoms with Crippen LogP contribution in [0.3, 0.4) is 0 Å². The third kappa shape index (κ3) is 5.75. The first-order valence-corrected chi connectivity index (χ1v) is 14.6. The van der Waals surface area contributed by atoms with Crippen molar-refractivity contribution in [1.82, 2.24) is 0 Å². The summed E-state index contributed by atoms with van der Waals surface area (Å²) in [4.78, 5) is 0. The van der Waals surface area contributed by atoms with E-state index >= 15 is 0 Å². The number of hydrogen-bond donors (Lipinski definition) is 0. The van der Waals surface area contributed by atoms with Gasteiger partial charge in [-0.25, -0.2) is 0 Å². The molecule has 3 aromatic carbocycles. The summed E-state index contributed by atoms with van der Waals surface area (Å²) in [6.07, 6.45) is 2.54. The fraction of sp³-hybridized carbons (Fsp3) is 0.387. The maximum absolute atomic E-state index is 9.43. The van der Waals surface area contributed by atoms with Crippen LogP contribution in [0.1, 0.15) is 45.6 Å². The first-order chi connectivity index (χ1) is 16.9. The Bertz CT molecular complexity index is 1050. The summed E-state index contributed by atoms with van der Waals surface area (Å²) < 4.78 is 13.7. The van der Waals surface area contributed by atoms with Gasteiger partial charge < -0.3 is 9.16 Å². The van der Waals surface area contributed by atoms with Gasteiger partial charge in [0.2, 0.25) is 0 Å². The predicted molar refractivity (Wildman–Crippen MR) is 145 cm³/mol. The minimum absolute atomic E-state index is 0.0652. The minimum atomic E-state index is -2.65. The molecule has 4 heteroatoms. The molecule has 0 amide bonds. The zero-order valence-electron chi connectivity index (χ0n) is 21.2. The van der Waals surface area contributed by atoms with Crippen molar-refractivity contribution in [3.8, 4) is 6.07 Å². The van der Waals surface area contributed by atoms with E-state index < -0.39 is 8.32 Å². The lowest BCUT2D eigenvalue weighted by Gasteiger charge is -2.45. The van der Waals surface area contributed by atoms with Crippen molar-refractivity contribution >= 4 is 18.7 Å². The molecular weight excluding hydrogens is 446 g/mol. The Kier molecular flexibility index (Phi) is 8.23. The number of nitrogens with zero attached hydrogens (tertiary/aromatic N) is 1. The Morgan fingerprint density at radius 3 is 1.89 bits per heavy atom. The van der Waals surface area contributed by atoms with Gasteiger partial charge in [0.05, 0.1) is 25.4 Å². The second-order valence-electron chi connectivity index (χ2n) is 10.8. The Hall–Kier alpha value is -2.71. The maximum atomic E-state index is 9.43. The van der Waals surface area contributed by atoms with Crippen LogP contribution in [0.4, 0.5) is 0 Å². The molecule has 0 aromatic heterocycles. The van der Waals surface area contributed by atoms with Crippen molar-refractivity contribution in [2.45, 2.75) is 57.8 Å². The molecule has 1 saturated carbocycles. The largest absolute Gasteiger partial charge is 0.404 e. The number of rotatable bonds is 9. The lowest BCUT2D eigenvalue weighted by atomic mass is 10.0. The fourth-order valence-electron chi connectivity index (χ4n) is 5.63. The lowest BCUT2D eigenvalue weighted by Crippen LogP contribution is -2.68. The third-order valence-corrected chi connectivity index (χ3v) is 12.4. The number of nitriles is 1.